The normalized spacial score (nSPS) is 18.1. The molecule has 128 valence electrons. The smallest absolute Gasteiger partial charge is 0.238 e. The number of nitrogens with zero attached hydrogens (tertiary/aromatic N) is 1. The quantitative estimate of drug-likeness (QED) is 0.884. The van der Waals surface area contributed by atoms with Gasteiger partial charge in [-0.1, -0.05) is 24.3 Å². The van der Waals surface area contributed by atoms with Gasteiger partial charge in [-0.05, 0) is 29.7 Å². The maximum Gasteiger partial charge on any atom is 0.238 e. The van der Waals surface area contributed by atoms with Crippen LogP contribution in [0.2, 0.25) is 0 Å². The summed E-state index contributed by atoms with van der Waals surface area (Å²) in [5.41, 5.74) is 1.96. The highest BCUT2D eigenvalue weighted by atomic mass is 32.2. The monoisotopic (exact) mass is 348 g/mol. The Labute approximate surface area is 141 Å². The third-order valence-electron chi connectivity index (χ3n) is 4.18. The van der Waals surface area contributed by atoms with Crippen LogP contribution in [0.1, 0.15) is 16.9 Å². The van der Waals surface area contributed by atoms with Crippen LogP contribution in [0.15, 0.2) is 47.1 Å². The minimum absolute atomic E-state index is 0.227. The van der Waals surface area contributed by atoms with Gasteiger partial charge in [0, 0.05) is 19.5 Å². The van der Waals surface area contributed by atoms with Crippen LogP contribution in [0, 0.1) is 0 Å². The van der Waals surface area contributed by atoms with Gasteiger partial charge in [-0.15, -0.1) is 0 Å². The van der Waals surface area contributed by atoms with E-state index < -0.39 is 16.1 Å². The number of hydrogen-bond donors (Lipinski definition) is 1. The summed E-state index contributed by atoms with van der Waals surface area (Å²) in [6.45, 7) is 0.632. The molecular formula is C17H20N2O4S. The summed E-state index contributed by atoms with van der Waals surface area (Å²) < 4.78 is 30.7. The number of carbonyl (C=O) groups is 1. The molecule has 1 amide bonds. The van der Waals surface area contributed by atoms with E-state index in [-0.39, 0.29) is 12.5 Å². The highest BCUT2D eigenvalue weighted by Crippen LogP contribution is 2.25. The molecule has 2 aromatic rings. The lowest BCUT2D eigenvalue weighted by atomic mass is 9.95. The van der Waals surface area contributed by atoms with Crippen molar-refractivity contribution in [3.05, 3.63) is 59.5 Å². The van der Waals surface area contributed by atoms with Gasteiger partial charge in [0.1, 0.15) is 11.8 Å². The maximum absolute atomic E-state index is 12.5. The molecule has 0 aliphatic carbocycles. The number of sulfonamides is 1. The van der Waals surface area contributed by atoms with Crippen LogP contribution >= 0.6 is 0 Å². The lowest BCUT2D eigenvalue weighted by Crippen LogP contribution is -2.52. The number of carbonyl (C=O) groups excluding carboxylic acids is 1. The van der Waals surface area contributed by atoms with Crippen LogP contribution in [-0.2, 0) is 34.2 Å². The molecule has 6 nitrogen and oxygen atoms in total. The predicted octanol–water partition coefficient (Wildman–Crippen LogP) is 1.32. The van der Waals surface area contributed by atoms with Crippen LogP contribution < -0.4 is 5.32 Å². The minimum atomic E-state index is -3.48. The molecule has 0 saturated heterocycles. The van der Waals surface area contributed by atoms with E-state index in [1.165, 1.54) is 4.31 Å². The lowest BCUT2D eigenvalue weighted by molar-refractivity contribution is -0.125. The fourth-order valence-electron chi connectivity index (χ4n) is 2.95. The number of hydrogen-bond acceptors (Lipinski definition) is 4. The first kappa shape index (κ1) is 16.7. The molecule has 2 heterocycles. The van der Waals surface area contributed by atoms with E-state index in [4.69, 9.17) is 4.42 Å². The molecule has 1 aromatic heterocycles. The molecule has 0 bridgehead atoms. The number of amides is 1. The molecule has 24 heavy (non-hydrogen) atoms. The summed E-state index contributed by atoms with van der Waals surface area (Å²) in [4.78, 5) is 12.5. The Kier molecular flexibility index (Phi) is 4.73. The van der Waals surface area contributed by atoms with Crippen LogP contribution in [0.3, 0.4) is 0 Å². The standard InChI is InChI=1S/C17H20N2O4S/c1-24(21,22)19-12-14-6-3-2-5-13(14)11-16(19)17(20)18-9-8-15-7-4-10-23-15/h2-7,10,16H,8-9,11-12H2,1H3,(H,18,20)/t16-/m0/s1. The number of benzene rings is 1. The molecule has 0 radical (unpaired) electrons. The Hall–Kier alpha value is -2.12. The molecule has 1 aliphatic heterocycles. The Bertz CT molecular complexity index is 815. The number of nitrogens with one attached hydrogen (secondary N) is 1. The van der Waals surface area contributed by atoms with Gasteiger partial charge in [0.25, 0.3) is 0 Å². The van der Waals surface area contributed by atoms with Gasteiger partial charge in [0.2, 0.25) is 15.9 Å². The van der Waals surface area contributed by atoms with Crippen molar-refractivity contribution in [2.24, 2.45) is 0 Å². The van der Waals surface area contributed by atoms with E-state index in [0.29, 0.717) is 19.4 Å². The fourth-order valence-corrected chi connectivity index (χ4v) is 3.96. The Morgan fingerprint density at radius 1 is 1.25 bits per heavy atom. The number of fused-ring (bicyclic) bond motifs is 1. The SMILES string of the molecule is CS(=O)(=O)N1Cc2ccccc2C[C@H]1C(=O)NCCc1ccco1. The topological polar surface area (TPSA) is 79.6 Å². The van der Waals surface area contributed by atoms with E-state index in [1.807, 2.05) is 30.3 Å². The maximum atomic E-state index is 12.5. The van der Waals surface area contributed by atoms with Crippen molar-refractivity contribution in [3.63, 3.8) is 0 Å². The van der Waals surface area contributed by atoms with E-state index in [0.717, 1.165) is 23.1 Å². The molecule has 0 spiro atoms. The van der Waals surface area contributed by atoms with Crippen molar-refractivity contribution < 1.29 is 17.6 Å². The summed E-state index contributed by atoms with van der Waals surface area (Å²) in [6, 6.07) is 10.5. The van der Waals surface area contributed by atoms with Gasteiger partial charge in [0.15, 0.2) is 0 Å². The van der Waals surface area contributed by atoms with E-state index in [9.17, 15) is 13.2 Å². The second-order valence-electron chi connectivity index (χ2n) is 5.92. The van der Waals surface area contributed by atoms with Gasteiger partial charge in [0.05, 0.1) is 12.5 Å². The highest BCUT2D eigenvalue weighted by molar-refractivity contribution is 7.88. The molecule has 3 rings (SSSR count). The summed E-state index contributed by atoms with van der Waals surface area (Å²) in [5.74, 6) is 0.505. The second-order valence-corrected chi connectivity index (χ2v) is 7.85. The summed E-state index contributed by atoms with van der Waals surface area (Å²) >= 11 is 0. The average molecular weight is 348 g/mol. The summed E-state index contributed by atoms with van der Waals surface area (Å²) in [5, 5.41) is 2.82. The first-order chi connectivity index (χ1) is 11.4. The Morgan fingerprint density at radius 2 is 2.00 bits per heavy atom. The third-order valence-corrected chi connectivity index (χ3v) is 5.42. The second kappa shape index (κ2) is 6.78. The lowest BCUT2D eigenvalue weighted by Gasteiger charge is -2.34. The molecule has 7 heteroatoms. The van der Waals surface area contributed by atoms with Crippen LogP contribution in [0.25, 0.3) is 0 Å². The molecule has 0 unspecified atom stereocenters. The minimum Gasteiger partial charge on any atom is -0.469 e. The molecule has 0 fully saturated rings. The Morgan fingerprint density at radius 3 is 2.67 bits per heavy atom. The van der Waals surface area contributed by atoms with Crippen molar-refractivity contribution in [2.45, 2.75) is 25.4 Å². The van der Waals surface area contributed by atoms with Crippen molar-refractivity contribution in [1.29, 1.82) is 0 Å². The van der Waals surface area contributed by atoms with Gasteiger partial charge >= 0.3 is 0 Å². The zero-order valence-corrected chi connectivity index (χ0v) is 14.3. The van der Waals surface area contributed by atoms with E-state index in [1.54, 1.807) is 12.3 Å². The van der Waals surface area contributed by atoms with Crippen LogP contribution in [-0.4, -0.2) is 37.5 Å². The number of furan rings is 1. The molecule has 1 aromatic carbocycles. The van der Waals surface area contributed by atoms with Crippen molar-refractivity contribution in [3.8, 4) is 0 Å². The van der Waals surface area contributed by atoms with Crippen molar-refractivity contribution in [2.75, 3.05) is 12.8 Å². The zero-order valence-electron chi connectivity index (χ0n) is 13.4. The molecule has 0 saturated carbocycles. The zero-order chi connectivity index (χ0) is 17.2. The highest BCUT2D eigenvalue weighted by Gasteiger charge is 2.36. The third kappa shape index (κ3) is 3.68. The first-order valence-corrected chi connectivity index (χ1v) is 9.63. The average Bonchev–Trinajstić information content (AvgIpc) is 3.06. The van der Waals surface area contributed by atoms with Crippen LogP contribution in [0.5, 0.6) is 0 Å². The number of rotatable bonds is 5. The summed E-state index contributed by atoms with van der Waals surface area (Å²) in [7, 11) is -3.48. The molecule has 1 atom stereocenters. The van der Waals surface area contributed by atoms with Gasteiger partial charge in [-0.2, -0.15) is 4.31 Å². The fraction of sp³-hybridized carbons (Fsp3) is 0.353. The van der Waals surface area contributed by atoms with Crippen molar-refractivity contribution >= 4 is 15.9 Å². The molecule has 1 aliphatic rings. The van der Waals surface area contributed by atoms with Gasteiger partial charge in [-0.3, -0.25) is 4.79 Å². The van der Waals surface area contributed by atoms with Gasteiger partial charge < -0.3 is 9.73 Å². The largest absolute Gasteiger partial charge is 0.469 e. The van der Waals surface area contributed by atoms with Crippen LogP contribution in [0.4, 0.5) is 0 Å². The van der Waals surface area contributed by atoms with Gasteiger partial charge in [-0.25, -0.2) is 8.42 Å². The predicted molar refractivity (Wildman–Crippen MR) is 89.7 cm³/mol. The Balaban J connectivity index is 1.72. The molecular weight excluding hydrogens is 328 g/mol. The van der Waals surface area contributed by atoms with Crippen molar-refractivity contribution in [1.82, 2.24) is 9.62 Å². The van der Waals surface area contributed by atoms with E-state index >= 15 is 0 Å². The summed E-state index contributed by atoms with van der Waals surface area (Å²) in [6.07, 6.45) is 3.68. The van der Waals surface area contributed by atoms with E-state index in [2.05, 4.69) is 5.32 Å². The molecule has 1 N–H and O–H groups in total. The first-order valence-electron chi connectivity index (χ1n) is 7.79.